The van der Waals surface area contributed by atoms with E-state index >= 15 is 0 Å². The van der Waals surface area contributed by atoms with Gasteiger partial charge in [0.1, 0.15) is 23.7 Å². The van der Waals surface area contributed by atoms with Crippen molar-refractivity contribution in [3.63, 3.8) is 0 Å². The minimum atomic E-state index is -0.905. The van der Waals surface area contributed by atoms with Crippen molar-refractivity contribution in [1.29, 1.82) is 0 Å². The van der Waals surface area contributed by atoms with Crippen molar-refractivity contribution in [3.05, 3.63) is 58.2 Å². The third kappa shape index (κ3) is 6.90. The van der Waals surface area contributed by atoms with Crippen LogP contribution < -0.4 is 19.5 Å². The second-order valence-electron chi connectivity index (χ2n) is 8.79. The van der Waals surface area contributed by atoms with Crippen molar-refractivity contribution in [2.24, 2.45) is 0 Å². The van der Waals surface area contributed by atoms with E-state index in [4.69, 9.17) is 24.1 Å². The number of carbonyl (C=O) groups excluding carboxylic acids is 3. The lowest BCUT2D eigenvalue weighted by molar-refractivity contribution is -0.137. The van der Waals surface area contributed by atoms with Crippen LogP contribution in [0.1, 0.15) is 59.7 Å². The number of benzene rings is 2. The fourth-order valence-electron chi connectivity index (χ4n) is 4.08. The number of aliphatic carboxylic acids is 1. The quantitative estimate of drug-likeness (QED) is 0.235. The second-order valence-corrected chi connectivity index (χ2v) is 8.79. The Kier molecular flexibility index (Phi) is 9.48. The Balaban J connectivity index is 1.80. The van der Waals surface area contributed by atoms with Gasteiger partial charge in [0.15, 0.2) is 5.75 Å². The van der Waals surface area contributed by atoms with Crippen molar-refractivity contribution in [1.82, 2.24) is 0 Å². The minimum absolute atomic E-state index is 0.0184. The molecular formula is C28H31NO9. The Bertz CT molecular complexity index is 1260. The molecule has 2 aromatic rings. The predicted molar refractivity (Wildman–Crippen MR) is 138 cm³/mol. The first kappa shape index (κ1) is 28.2. The van der Waals surface area contributed by atoms with Gasteiger partial charge in [-0.15, -0.1) is 0 Å². The first-order chi connectivity index (χ1) is 18.1. The zero-order valence-corrected chi connectivity index (χ0v) is 21.8. The summed E-state index contributed by atoms with van der Waals surface area (Å²) in [5.74, 6) is -1.47. The van der Waals surface area contributed by atoms with Crippen LogP contribution in [0.5, 0.6) is 17.2 Å². The highest BCUT2D eigenvalue weighted by molar-refractivity contribution is 5.99. The van der Waals surface area contributed by atoms with Crippen LogP contribution in [0.4, 0.5) is 5.69 Å². The highest BCUT2D eigenvalue weighted by Gasteiger charge is 2.34. The monoisotopic (exact) mass is 525 g/mol. The lowest BCUT2D eigenvalue weighted by atomic mass is 9.94. The Morgan fingerprint density at radius 3 is 2.37 bits per heavy atom. The van der Waals surface area contributed by atoms with Crippen molar-refractivity contribution in [3.8, 4) is 17.2 Å². The number of anilines is 1. The fraction of sp³-hybridized carbons (Fsp3) is 0.357. The molecular weight excluding hydrogens is 494 g/mol. The highest BCUT2D eigenvalue weighted by atomic mass is 16.6. The largest absolute Gasteiger partial charge is 0.497 e. The number of cyclic esters (lactones) is 1. The maximum atomic E-state index is 12.8. The molecule has 0 atom stereocenters. The number of hydrogen-bond donors (Lipinski definition) is 2. The van der Waals surface area contributed by atoms with Gasteiger partial charge in [-0.2, -0.15) is 0 Å². The van der Waals surface area contributed by atoms with Gasteiger partial charge in [0, 0.05) is 29.7 Å². The Hall–Kier alpha value is -4.34. The molecule has 1 amide bonds. The average Bonchev–Trinajstić information content (AvgIpc) is 3.29. The molecule has 10 heteroatoms. The number of fused-ring (bicyclic) bond motifs is 1. The van der Waals surface area contributed by atoms with Gasteiger partial charge in [-0.3, -0.25) is 14.4 Å². The summed E-state index contributed by atoms with van der Waals surface area (Å²) in [7, 11) is 3.02. The number of amides is 1. The van der Waals surface area contributed by atoms with Gasteiger partial charge in [-0.25, -0.2) is 4.79 Å². The summed E-state index contributed by atoms with van der Waals surface area (Å²) in [6, 6.07) is 6.77. The highest BCUT2D eigenvalue weighted by Crippen LogP contribution is 2.43. The topological polar surface area (TPSA) is 137 Å². The van der Waals surface area contributed by atoms with E-state index in [0.29, 0.717) is 40.3 Å². The minimum Gasteiger partial charge on any atom is -0.497 e. The van der Waals surface area contributed by atoms with Gasteiger partial charge in [-0.1, -0.05) is 11.6 Å². The van der Waals surface area contributed by atoms with Gasteiger partial charge < -0.3 is 29.4 Å². The number of nitrogens with one attached hydrogen (secondary N) is 1. The number of carboxylic acids is 1. The zero-order valence-electron chi connectivity index (χ0n) is 21.8. The standard InChI is InChI=1S/C28H31NO9/c1-16(6-13-23(31)32)5-11-20-26(36-4)17(2)21-15-37-28(34)25(21)27(20)38-24(33)14-12-22(30)29-18-7-9-19(35-3)10-8-18/h5,7-10H,6,11-15H2,1-4H3,(H,29,30)(H,31,32)/b16-5+. The fourth-order valence-corrected chi connectivity index (χ4v) is 4.08. The molecule has 1 heterocycles. The molecule has 202 valence electrons. The summed E-state index contributed by atoms with van der Waals surface area (Å²) >= 11 is 0. The Morgan fingerprint density at radius 2 is 1.74 bits per heavy atom. The van der Waals surface area contributed by atoms with Crippen LogP contribution in [0.3, 0.4) is 0 Å². The third-order valence-electron chi connectivity index (χ3n) is 6.16. The van der Waals surface area contributed by atoms with Crippen LogP contribution in [0, 0.1) is 6.92 Å². The predicted octanol–water partition coefficient (Wildman–Crippen LogP) is 4.36. The summed E-state index contributed by atoms with van der Waals surface area (Å²) in [6.45, 7) is 3.62. The molecule has 1 aliphatic rings. The van der Waals surface area contributed by atoms with E-state index in [9.17, 15) is 19.2 Å². The molecule has 38 heavy (non-hydrogen) atoms. The molecule has 1 aliphatic heterocycles. The molecule has 0 spiro atoms. The normalized spacial score (nSPS) is 12.4. The molecule has 0 aromatic heterocycles. The first-order valence-electron chi connectivity index (χ1n) is 12.1. The number of allylic oxidation sites excluding steroid dienone is 2. The second kappa shape index (κ2) is 12.8. The van der Waals surface area contributed by atoms with Crippen LogP contribution in [-0.2, 0) is 32.1 Å². The molecule has 0 radical (unpaired) electrons. The van der Waals surface area contributed by atoms with Crippen LogP contribution in [0.2, 0.25) is 0 Å². The maximum absolute atomic E-state index is 12.8. The maximum Gasteiger partial charge on any atom is 0.342 e. The summed E-state index contributed by atoms with van der Waals surface area (Å²) in [5, 5.41) is 11.7. The van der Waals surface area contributed by atoms with E-state index in [1.807, 2.05) is 6.08 Å². The summed E-state index contributed by atoms with van der Waals surface area (Å²) in [4.78, 5) is 48.7. The molecule has 0 saturated heterocycles. The molecule has 2 aromatic carbocycles. The van der Waals surface area contributed by atoms with E-state index in [0.717, 1.165) is 5.57 Å². The van der Waals surface area contributed by atoms with E-state index in [2.05, 4.69) is 5.32 Å². The lowest BCUT2D eigenvalue weighted by Gasteiger charge is -2.19. The van der Waals surface area contributed by atoms with E-state index < -0.39 is 17.9 Å². The van der Waals surface area contributed by atoms with E-state index in [-0.39, 0.29) is 49.5 Å². The van der Waals surface area contributed by atoms with Gasteiger partial charge in [0.2, 0.25) is 5.91 Å². The molecule has 0 saturated carbocycles. The third-order valence-corrected chi connectivity index (χ3v) is 6.16. The van der Waals surface area contributed by atoms with Gasteiger partial charge >= 0.3 is 17.9 Å². The first-order valence-corrected chi connectivity index (χ1v) is 12.1. The SMILES string of the molecule is COc1ccc(NC(=O)CCC(=O)Oc2c(C/C=C(\C)CCC(=O)O)c(OC)c(C)c3c2C(=O)OC3)cc1. The Labute approximate surface area is 220 Å². The van der Waals surface area contributed by atoms with Gasteiger partial charge in [-0.05, 0) is 56.5 Å². The number of ether oxygens (including phenoxy) is 4. The molecule has 0 unspecified atom stereocenters. The summed E-state index contributed by atoms with van der Waals surface area (Å²) < 4.78 is 21.6. The van der Waals surface area contributed by atoms with E-state index in [1.54, 1.807) is 45.2 Å². The van der Waals surface area contributed by atoms with Crippen molar-refractivity contribution in [2.45, 2.75) is 52.6 Å². The number of methoxy groups -OCH3 is 2. The number of rotatable bonds is 12. The molecule has 2 N–H and O–H groups in total. The molecule has 0 bridgehead atoms. The zero-order chi connectivity index (χ0) is 27.8. The summed E-state index contributed by atoms with van der Waals surface area (Å²) in [6.07, 6.45) is 2.01. The van der Waals surface area contributed by atoms with Crippen molar-refractivity contribution < 1.29 is 43.2 Å². The number of esters is 2. The molecule has 0 fully saturated rings. The van der Waals surface area contributed by atoms with Crippen molar-refractivity contribution >= 4 is 29.5 Å². The number of carbonyl (C=O) groups is 4. The lowest BCUT2D eigenvalue weighted by Crippen LogP contribution is -2.18. The van der Waals surface area contributed by atoms with Crippen LogP contribution in [0.25, 0.3) is 0 Å². The average molecular weight is 526 g/mol. The van der Waals surface area contributed by atoms with Crippen LogP contribution >= 0.6 is 0 Å². The molecule has 10 nitrogen and oxygen atoms in total. The van der Waals surface area contributed by atoms with Gasteiger partial charge in [0.25, 0.3) is 0 Å². The smallest absolute Gasteiger partial charge is 0.342 e. The summed E-state index contributed by atoms with van der Waals surface area (Å²) in [5.41, 5.74) is 3.27. The van der Waals surface area contributed by atoms with Gasteiger partial charge in [0.05, 0.1) is 20.6 Å². The van der Waals surface area contributed by atoms with E-state index in [1.165, 1.54) is 7.11 Å². The molecule has 3 rings (SSSR count). The number of hydrogen-bond acceptors (Lipinski definition) is 8. The van der Waals surface area contributed by atoms with Crippen LogP contribution in [-0.4, -0.2) is 43.1 Å². The van der Waals surface area contributed by atoms with Crippen LogP contribution in [0.15, 0.2) is 35.9 Å². The molecule has 0 aliphatic carbocycles. The number of carboxylic acid groups (broad SMARTS) is 1. The Morgan fingerprint density at radius 1 is 1.03 bits per heavy atom. The van der Waals surface area contributed by atoms with Crippen molar-refractivity contribution in [2.75, 3.05) is 19.5 Å².